The van der Waals surface area contributed by atoms with Crippen LogP contribution in [0.5, 0.6) is 5.75 Å². The number of nitrogens with zero attached hydrogens (tertiary/aromatic N) is 1. The molecule has 160 valence electrons. The number of carboxylic acid groups (broad SMARTS) is 2. The van der Waals surface area contributed by atoms with Crippen LogP contribution in [0.2, 0.25) is 0 Å². The van der Waals surface area contributed by atoms with Gasteiger partial charge in [-0.1, -0.05) is 18.2 Å². The summed E-state index contributed by atoms with van der Waals surface area (Å²) in [4.78, 5) is 33.5. The number of piperidine rings is 1. The Balaban J connectivity index is 0.00000101. The molecule has 3 N–H and O–H groups in total. The molecule has 3 rings (SSSR count). The molecule has 8 nitrogen and oxygen atoms in total. The smallest absolute Gasteiger partial charge is 0.310 e. The van der Waals surface area contributed by atoms with E-state index in [0.717, 1.165) is 0 Å². The first-order valence-corrected chi connectivity index (χ1v) is 9.11. The molecule has 0 spiro atoms. The monoisotopic (exact) mass is 419 g/mol. The Hall–Kier alpha value is -3.46. The van der Waals surface area contributed by atoms with E-state index in [1.165, 1.54) is 11.0 Å². The number of hydrogen-bond donors (Lipinski definition) is 3. The van der Waals surface area contributed by atoms with Gasteiger partial charge in [0.25, 0.3) is 12.4 Å². The molecule has 0 saturated carbocycles. The van der Waals surface area contributed by atoms with Gasteiger partial charge in [-0.15, -0.1) is 0 Å². The third kappa shape index (κ3) is 6.02. The van der Waals surface area contributed by atoms with Gasteiger partial charge < -0.3 is 25.0 Å². The van der Waals surface area contributed by atoms with Gasteiger partial charge in [-0.2, -0.15) is 0 Å². The molecule has 1 aliphatic heterocycles. The molecule has 0 aliphatic carbocycles. The summed E-state index contributed by atoms with van der Waals surface area (Å²) in [6.07, 6.45) is -0.715. The van der Waals surface area contributed by atoms with E-state index in [4.69, 9.17) is 19.7 Å². The lowest BCUT2D eigenvalue weighted by atomic mass is 9.94. The maximum absolute atomic E-state index is 13.6. The number of carbonyl (C=O) groups is 3. The molecule has 1 aliphatic rings. The molecule has 0 unspecified atom stereocenters. The van der Waals surface area contributed by atoms with Gasteiger partial charge in [-0.3, -0.25) is 14.4 Å². The van der Waals surface area contributed by atoms with Gasteiger partial charge in [0.2, 0.25) is 0 Å². The first kappa shape index (κ1) is 22.8. The van der Waals surface area contributed by atoms with Crippen molar-refractivity contribution in [3.63, 3.8) is 0 Å². The van der Waals surface area contributed by atoms with Crippen molar-refractivity contribution < 1.29 is 38.8 Å². The number of benzene rings is 2. The molecule has 1 fully saturated rings. The van der Waals surface area contributed by atoms with Crippen molar-refractivity contribution >= 4 is 18.3 Å². The van der Waals surface area contributed by atoms with Gasteiger partial charge in [0.05, 0.1) is 6.10 Å². The molecule has 0 aromatic heterocycles. The molecule has 1 amide bonds. The van der Waals surface area contributed by atoms with Crippen LogP contribution < -0.4 is 4.74 Å². The van der Waals surface area contributed by atoms with E-state index in [1.54, 1.807) is 42.5 Å². The summed E-state index contributed by atoms with van der Waals surface area (Å²) in [5, 5.41) is 25.8. The van der Waals surface area contributed by atoms with E-state index in [1.807, 2.05) is 0 Å². The average molecular weight is 419 g/mol. The highest BCUT2D eigenvalue weighted by molar-refractivity contribution is 5.94. The molecule has 1 saturated heterocycles. The first-order chi connectivity index (χ1) is 14.4. The normalized spacial score (nSPS) is 18.0. The minimum atomic E-state index is -1.11. The molecule has 2 aromatic carbocycles. The standard InChI is InChI=1S/C20H20FNO5.CH2O2/c21-17-4-2-1-3-14(17)12-27-15-7-5-13(6-8-15)19(24)22-10-9-18(23)16(11-22)20(25)26;2-1-3/h1-8,16,18,23H,9-12H2,(H,25,26);1H,(H,2,3)/t16-,18+;/m1./s1. The zero-order valence-corrected chi connectivity index (χ0v) is 16.0. The zero-order chi connectivity index (χ0) is 22.1. The predicted molar refractivity (Wildman–Crippen MR) is 104 cm³/mol. The molecule has 30 heavy (non-hydrogen) atoms. The summed E-state index contributed by atoms with van der Waals surface area (Å²) >= 11 is 0. The van der Waals surface area contributed by atoms with Gasteiger partial charge in [-0.25, -0.2) is 4.39 Å². The number of aliphatic hydroxyl groups is 1. The molecular weight excluding hydrogens is 397 g/mol. The number of ether oxygens (including phenoxy) is 1. The first-order valence-electron chi connectivity index (χ1n) is 9.11. The third-order valence-electron chi connectivity index (χ3n) is 4.63. The average Bonchev–Trinajstić information content (AvgIpc) is 2.74. The topological polar surface area (TPSA) is 124 Å². The van der Waals surface area contributed by atoms with Crippen molar-refractivity contribution in [3.05, 3.63) is 65.5 Å². The van der Waals surface area contributed by atoms with E-state index in [2.05, 4.69) is 0 Å². The number of carbonyl (C=O) groups excluding carboxylic acids is 1. The van der Waals surface area contributed by atoms with Crippen LogP contribution in [0.25, 0.3) is 0 Å². The minimum Gasteiger partial charge on any atom is -0.489 e. The van der Waals surface area contributed by atoms with Crippen LogP contribution in [0.15, 0.2) is 48.5 Å². The summed E-state index contributed by atoms with van der Waals surface area (Å²) in [6, 6.07) is 12.7. The van der Waals surface area contributed by atoms with E-state index < -0.39 is 18.0 Å². The van der Waals surface area contributed by atoms with Crippen LogP contribution in [0.3, 0.4) is 0 Å². The third-order valence-corrected chi connectivity index (χ3v) is 4.63. The Morgan fingerprint density at radius 3 is 2.40 bits per heavy atom. The summed E-state index contributed by atoms with van der Waals surface area (Å²) in [6.45, 7) is 0.0977. The van der Waals surface area contributed by atoms with Crippen LogP contribution in [-0.4, -0.2) is 57.8 Å². The Labute approximate surface area is 172 Å². The Kier molecular flexibility index (Phi) is 8.30. The molecule has 2 atom stereocenters. The van der Waals surface area contributed by atoms with Gasteiger partial charge >= 0.3 is 5.97 Å². The number of aliphatic carboxylic acids is 1. The molecule has 9 heteroatoms. The Bertz CT molecular complexity index is 872. The van der Waals surface area contributed by atoms with Crippen LogP contribution in [-0.2, 0) is 16.2 Å². The second-order valence-electron chi connectivity index (χ2n) is 6.56. The van der Waals surface area contributed by atoms with Crippen molar-refractivity contribution in [1.29, 1.82) is 0 Å². The highest BCUT2D eigenvalue weighted by atomic mass is 19.1. The fraction of sp³-hybridized carbons (Fsp3) is 0.286. The molecule has 0 radical (unpaired) electrons. The van der Waals surface area contributed by atoms with Gasteiger partial charge in [0.1, 0.15) is 24.1 Å². The largest absolute Gasteiger partial charge is 0.489 e. The number of aliphatic hydroxyl groups excluding tert-OH is 1. The second-order valence-corrected chi connectivity index (χ2v) is 6.56. The van der Waals surface area contributed by atoms with Crippen molar-refractivity contribution in [2.75, 3.05) is 13.1 Å². The molecule has 0 bridgehead atoms. The highest BCUT2D eigenvalue weighted by Gasteiger charge is 2.35. The lowest BCUT2D eigenvalue weighted by Crippen LogP contribution is -2.48. The molecule has 1 heterocycles. The summed E-state index contributed by atoms with van der Waals surface area (Å²) in [5.41, 5.74) is 0.831. The van der Waals surface area contributed by atoms with E-state index in [9.17, 15) is 19.1 Å². The van der Waals surface area contributed by atoms with E-state index in [0.29, 0.717) is 23.4 Å². The zero-order valence-electron chi connectivity index (χ0n) is 16.0. The van der Waals surface area contributed by atoms with Gasteiger partial charge in [0.15, 0.2) is 0 Å². The lowest BCUT2D eigenvalue weighted by Gasteiger charge is -2.34. The highest BCUT2D eigenvalue weighted by Crippen LogP contribution is 2.21. The van der Waals surface area contributed by atoms with Crippen molar-refractivity contribution in [1.82, 2.24) is 4.90 Å². The number of hydrogen-bond acceptors (Lipinski definition) is 5. The quantitative estimate of drug-likeness (QED) is 0.633. The fourth-order valence-electron chi connectivity index (χ4n) is 3.02. The van der Waals surface area contributed by atoms with E-state index >= 15 is 0 Å². The number of likely N-dealkylation sites (tertiary alicyclic amines) is 1. The van der Waals surface area contributed by atoms with Gasteiger partial charge in [-0.05, 0) is 36.8 Å². The van der Waals surface area contributed by atoms with Crippen LogP contribution in [0.4, 0.5) is 4.39 Å². The lowest BCUT2D eigenvalue weighted by molar-refractivity contribution is -0.148. The maximum atomic E-state index is 13.6. The van der Waals surface area contributed by atoms with E-state index in [-0.39, 0.29) is 37.8 Å². The van der Waals surface area contributed by atoms with Gasteiger partial charge in [0, 0.05) is 24.2 Å². The SMILES string of the molecule is O=C(O)[C@@H]1CN(C(=O)c2ccc(OCc3ccccc3F)cc2)CC[C@@H]1O.O=CO. The van der Waals surface area contributed by atoms with Crippen molar-refractivity contribution in [3.8, 4) is 5.75 Å². The molecule has 2 aromatic rings. The van der Waals surface area contributed by atoms with Crippen molar-refractivity contribution in [2.45, 2.75) is 19.1 Å². The summed E-state index contributed by atoms with van der Waals surface area (Å²) in [5.74, 6) is -2.24. The van der Waals surface area contributed by atoms with Crippen LogP contribution >= 0.6 is 0 Å². The van der Waals surface area contributed by atoms with Crippen molar-refractivity contribution in [2.24, 2.45) is 5.92 Å². The summed E-state index contributed by atoms with van der Waals surface area (Å²) < 4.78 is 19.1. The fourth-order valence-corrected chi connectivity index (χ4v) is 3.02. The minimum absolute atomic E-state index is 0.0269. The maximum Gasteiger partial charge on any atom is 0.310 e. The van der Waals surface area contributed by atoms with Crippen LogP contribution in [0, 0.1) is 11.7 Å². The van der Waals surface area contributed by atoms with Crippen LogP contribution in [0.1, 0.15) is 22.3 Å². The Morgan fingerprint density at radius 1 is 1.17 bits per heavy atom. The predicted octanol–water partition coefficient (Wildman–Crippen LogP) is 2.01. The summed E-state index contributed by atoms with van der Waals surface area (Å²) in [7, 11) is 0. The number of amides is 1. The second kappa shape index (κ2) is 10.9. The number of halogens is 1. The molecular formula is C21H22FNO7. The number of carboxylic acids is 1. The Morgan fingerprint density at radius 2 is 1.80 bits per heavy atom. The number of rotatable bonds is 5.